The smallest absolute Gasteiger partial charge is 0.387 e. The predicted octanol–water partition coefficient (Wildman–Crippen LogP) is 9.68. The highest BCUT2D eigenvalue weighted by Crippen LogP contribution is 2.43. The molecule has 0 aliphatic rings. The average molecular weight is 708 g/mol. The number of aliphatic hydroxyl groups is 1. The van der Waals surface area contributed by atoms with Crippen LogP contribution in [0, 0.1) is 0 Å². The maximum Gasteiger partial charge on any atom is 0.472 e. The van der Waals surface area contributed by atoms with E-state index >= 15 is 0 Å². The Morgan fingerprint density at radius 2 is 1.22 bits per heavy atom. The van der Waals surface area contributed by atoms with Crippen LogP contribution in [0.15, 0.2) is 72.9 Å². The van der Waals surface area contributed by atoms with Crippen molar-refractivity contribution in [3.8, 4) is 0 Å². The Balaban J connectivity index is 4.65. The Kier molecular flexibility index (Phi) is 30.5. The molecular formula is C40H72N2O6P+. The molecule has 0 aliphatic heterocycles. The van der Waals surface area contributed by atoms with Crippen LogP contribution in [0.25, 0.3) is 0 Å². The molecule has 3 atom stereocenters. The minimum absolute atomic E-state index is 0.0468. The van der Waals surface area contributed by atoms with E-state index in [1.165, 1.54) is 38.5 Å². The summed E-state index contributed by atoms with van der Waals surface area (Å²) in [7, 11) is 1.52. The third-order valence-electron chi connectivity index (χ3n) is 7.68. The number of likely N-dealkylation sites (N-methyl/N-ethyl adjacent to an activating group) is 1. The number of hydrogen-bond acceptors (Lipinski definition) is 5. The molecule has 8 nitrogen and oxygen atoms in total. The van der Waals surface area contributed by atoms with Crippen molar-refractivity contribution in [1.82, 2.24) is 5.32 Å². The molecule has 1 amide bonds. The van der Waals surface area contributed by atoms with Crippen LogP contribution in [0.2, 0.25) is 0 Å². The highest BCUT2D eigenvalue weighted by Gasteiger charge is 2.27. The van der Waals surface area contributed by atoms with Gasteiger partial charge < -0.3 is 19.8 Å². The fraction of sp³-hybridized carbons (Fsp3) is 0.675. The van der Waals surface area contributed by atoms with Gasteiger partial charge in [0.1, 0.15) is 13.2 Å². The van der Waals surface area contributed by atoms with Gasteiger partial charge in [-0.05, 0) is 57.8 Å². The standard InChI is InChI=1S/C40H71N2O6P/c1-6-8-10-12-14-16-18-19-20-21-22-23-24-26-28-30-32-34-40(44)41-38(37-48-49(45,46)47-36-35-42(3,4)5)39(43)33-31-29-27-25-17-15-13-11-9-7-2/h8,10,14,16,19-20,22-23,26,28,31,33,38-39,43H,6-7,9,11-13,15,17-18,21,24-25,27,29-30,32,34-37H2,1-5H3,(H-,41,44,45,46)/p+1/b10-8-,16-14-,20-19-,23-22-,28-26-,33-31+. The number of phosphoric ester groups is 1. The largest absolute Gasteiger partial charge is 0.472 e. The van der Waals surface area contributed by atoms with Gasteiger partial charge in [0.25, 0.3) is 0 Å². The topological polar surface area (TPSA) is 105 Å². The van der Waals surface area contributed by atoms with E-state index in [1.54, 1.807) is 6.08 Å². The van der Waals surface area contributed by atoms with Crippen LogP contribution in [0.4, 0.5) is 0 Å². The lowest BCUT2D eigenvalue weighted by atomic mass is 10.1. The molecule has 9 heteroatoms. The Morgan fingerprint density at radius 3 is 1.78 bits per heavy atom. The molecule has 0 bridgehead atoms. The Hall–Kier alpha value is -2.06. The maximum absolute atomic E-state index is 12.8. The van der Waals surface area contributed by atoms with Crippen LogP contribution in [0.5, 0.6) is 0 Å². The van der Waals surface area contributed by atoms with Crippen LogP contribution >= 0.6 is 7.82 Å². The van der Waals surface area contributed by atoms with Crippen molar-refractivity contribution >= 4 is 13.7 Å². The van der Waals surface area contributed by atoms with Crippen molar-refractivity contribution in [2.75, 3.05) is 40.9 Å². The molecule has 0 aliphatic carbocycles. The van der Waals surface area contributed by atoms with E-state index in [1.807, 2.05) is 27.2 Å². The van der Waals surface area contributed by atoms with Gasteiger partial charge in [-0.1, -0.05) is 132 Å². The number of hydrogen-bond donors (Lipinski definition) is 3. The third kappa shape index (κ3) is 34.2. The summed E-state index contributed by atoms with van der Waals surface area (Å²) in [5.41, 5.74) is 0. The second-order valence-corrected chi connectivity index (χ2v) is 15.0. The van der Waals surface area contributed by atoms with Gasteiger partial charge in [-0.3, -0.25) is 13.8 Å². The molecule has 3 N–H and O–H groups in total. The van der Waals surface area contributed by atoms with Gasteiger partial charge in [-0.25, -0.2) is 4.57 Å². The van der Waals surface area contributed by atoms with Gasteiger partial charge in [-0.15, -0.1) is 0 Å². The SMILES string of the molecule is CC/C=C\C/C=C\C/C=C\C/C=C\C/C=C\CCCC(=O)NC(COP(=O)(O)OCC[N+](C)(C)C)C(O)/C=C/CCCCCCCCCC. The highest BCUT2D eigenvalue weighted by atomic mass is 31.2. The van der Waals surface area contributed by atoms with E-state index in [-0.39, 0.29) is 25.5 Å². The Bertz CT molecular complexity index is 1030. The number of rotatable bonds is 32. The summed E-state index contributed by atoms with van der Waals surface area (Å²) >= 11 is 0. The summed E-state index contributed by atoms with van der Waals surface area (Å²) in [4.78, 5) is 22.9. The lowest BCUT2D eigenvalue weighted by molar-refractivity contribution is -0.870. The summed E-state index contributed by atoms with van der Waals surface area (Å²) < 4.78 is 23.4. The molecule has 0 aromatic heterocycles. The number of allylic oxidation sites excluding steroid dienone is 11. The zero-order valence-corrected chi connectivity index (χ0v) is 32.5. The van der Waals surface area contributed by atoms with Gasteiger partial charge in [0.05, 0.1) is 39.9 Å². The van der Waals surface area contributed by atoms with Crippen molar-refractivity contribution in [2.24, 2.45) is 0 Å². The number of nitrogens with one attached hydrogen (secondary N) is 1. The third-order valence-corrected chi connectivity index (χ3v) is 8.67. The molecule has 0 rings (SSSR count). The van der Waals surface area contributed by atoms with Crippen molar-refractivity contribution < 1.29 is 32.9 Å². The van der Waals surface area contributed by atoms with E-state index in [4.69, 9.17) is 9.05 Å². The summed E-state index contributed by atoms with van der Waals surface area (Å²) in [5, 5.41) is 13.7. The first kappa shape index (κ1) is 46.9. The van der Waals surface area contributed by atoms with Crippen LogP contribution in [-0.4, -0.2) is 73.4 Å². The number of phosphoric acid groups is 1. The monoisotopic (exact) mass is 708 g/mol. The van der Waals surface area contributed by atoms with Gasteiger partial charge in [0.15, 0.2) is 0 Å². The number of carbonyl (C=O) groups is 1. The van der Waals surface area contributed by atoms with Crippen LogP contribution < -0.4 is 5.32 Å². The second kappa shape index (κ2) is 31.9. The molecule has 0 aromatic carbocycles. The number of nitrogens with zero attached hydrogens (tertiary/aromatic N) is 1. The summed E-state index contributed by atoms with van der Waals surface area (Å²) in [6.07, 6.45) is 41.2. The summed E-state index contributed by atoms with van der Waals surface area (Å²) in [5.74, 6) is -0.241. The van der Waals surface area contributed by atoms with E-state index < -0.39 is 20.0 Å². The molecule has 0 saturated carbocycles. The van der Waals surface area contributed by atoms with E-state index in [2.05, 4.69) is 79.9 Å². The van der Waals surface area contributed by atoms with Crippen LogP contribution in [0.3, 0.4) is 0 Å². The molecule has 282 valence electrons. The summed E-state index contributed by atoms with van der Waals surface area (Å²) in [6.45, 7) is 4.59. The van der Waals surface area contributed by atoms with Crippen LogP contribution in [0.1, 0.15) is 123 Å². The molecule has 0 radical (unpaired) electrons. The lowest BCUT2D eigenvalue weighted by Crippen LogP contribution is -2.45. The zero-order chi connectivity index (χ0) is 36.5. The normalized spacial score (nSPS) is 15.5. The molecule has 0 aromatic rings. The van der Waals surface area contributed by atoms with E-state index in [9.17, 15) is 19.4 Å². The highest BCUT2D eigenvalue weighted by molar-refractivity contribution is 7.47. The number of quaternary nitrogens is 1. The Morgan fingerprint density at radius 1 is 0.714 bits per heavy atom. The van der Waals surface area contributed by atoms with Crippen LogP contribution in [-0.2, 0) is 18.4 Å². The Labute approximate surface area is 300 Å². The zero-order valence-electron chi connectivity index (χ0n) is 31.6. The molecule has 0 heterocycles. The number of amides is 1. The van der Waals surface area contributed by atoms with Gasteiger partial charge >= 0.3 is 7.82 Å². The van der Waals surface area contributed by atoms with Gasteiger partial charge in [0.2, 0.25) is 5.91 Å². The minimum Gasteiger partial charge on any atom is -0.387 e. The first-order valence-corrected chi connectivity index (χ1v) is 20.3. The van der Waals surface area contributed by atoms with Gasteiger partial charge in [-0.2, -0.15) is 0 Å². The van der Waals surface area contributed by atoms with Crippen molar-refractivity contribution in [2.45, 2.75) is 135 Å². The fourth-order valence-electron chi connectivity index (χ4n) is 4.66. The van der Waals surface area contributed by atoms with E-state index in [0.717, 1.165) is 57.8 Å². The molecule has 0 fully saturated rings. The number of aliphatic hydroxyl groups excluding tert-OH is 1. The number of carbonyl (C=O) groups excluding carboxylic acids is 1. The summed E-state index contributed by atoms with van der Waals surface area (Å²) in [6, 6.07) is -0.876. The predicted molar refractivity (Wildman–Crippen MR) is 207 cm³/mol. The van der Waals surface area contributed by atoms with Crippen molar-refractivity contribution in [3.05, 3.63) is 72.9 Å². The van der Waals surface area contributed by atoms with Crippen molar-refractivity contribution in [1.29, 1.82) is 0 Å². The molecule has 3 unspecified atom stereocenters. The van der Waals surface area contributed by atoms with E-state index in [0.29, 0.717) is 17.4 Å². The molecular weight excluding hydrogens is 635 g/mol. The minimum atomic E-state index is -4.35. The van der Waals surface area contributed by atoms with Gasteiger partial charge in [0, 0.05) is 6.42 Å². The quantitative estimate of drug-likeness (QED) is 0.0278. The fourth-order valence-corrected chi connectivity index (χ4v) is 5.40. The van der Waals surface area contributed by atoms with Crippen molar-refractivity contribution in [3.63, 3.8) is 0 Å². The first-order valence-electron chi connectivity index (χ1n) is 18.8. The number of unbranched alkanes of at least 4 members (excludes halogenated alkanes) is 9. The maximum atomic E-state index is 12.8. The molecule has 0 saturated heterocycles. The first-order chi connectivity index (χ1) is 23.5. The molecule has 0 spiro atoms. The molecule has 49 heavy (non-hydrogen) atoms. The average Bonchev–Trinajstić information content (AvgIpc) is 3.04. The second-order valence-electron chi connectivity index (χ2n) is 13.6. The lowest BCUT2D eigenvalue weighted by Gasteiger charge is -2.25.